The lowest BCUT2D eigenvalue weighted by molar-refractivity contribution is -0.170. The Morgan fingerprint density at radius 2 is 1.50 bits per heavy atom. The first-order chi connectivity index (χ1) is 7.03. The maximum absolute atomic E-state index is 12.3. The average molecular weight is 247 g/mol. The molecule has 0 amide bonds. The highest BCUT2D eigenvalue weighted by molar-refractivity contribution is 5.51. The Labute approximate surface area is 86.4 Å². The summed E-state index contributed by atoms with van der Waals surface area (Å²) in [5, 5.41) is 0. The maximum atomic E-state index is 12.3. The fourth-order valence-corrected chi connectivity index (χ4v) is 1.06. The number of hydrogen-bond donors (Lipinski definition) is 0. The van der Waals surface area contributed by atoms with E-state index in [2.05, 4.69) is 4.42 Å². The minimum Gasteiger partial charge on any atom is -0.445 e. The summed E-state index contributed by atoms with van der Waals surface area (Å²) in [5.74, 6) is -3.31. The molecule has 0 aliphatic rings. The highest BCUT2D eigenvalue weighted by Gasteiger charge is 2.44. The molecule has 0 bridgehead atoms. The molecule has 92 valence electrons. The third kappa shape index (κ3) is 2.42. The molecule has 1 rings (SSSR count). The highest BCUT2D eigenvalue weighted by Crippen LogP contribution is 2.42. The Hall–Kier alpha value is -1.34. The van der Waals surface area contributed by atoms with Crippen molar-refractivity contribution in [1.29, 1.82) is 0 Å². The second-order valence-corrected chi connectivity index (χ2v) is 3.21. The molecule has 0 aliphatic heterocycles. The normalized spacial score (nSPS) is 13.0. The van der Waals surface area contributed by atoms with Crippen molar-refractivity contribution in [2.24, 2.45) is 0 Å². The quantitative estimate of drug-likeness (QED) is 0.707. The molecular weight excluding hydrogens is 240 g/mol. The van der Waals surface area contributed by atoms with E-state index < -0.39 is 29.6 Å². The summed E-state index contributed by atoms with van der Waals surface area (Å²) in [7, 11) is 2.39. The number of rotatable bonds is 1. The van der Waals surface area contributed by atoms with Gasteiger partial charge in [-0.3, -0.25) is 0 Å². The summed E-state index contributed by atoms with van der Waals surface area (Å²) in [6.07, 6.45) is -9.89. The first-order valence-electron chi connectivity index (χ1n) is 3.99. The van der Waals surface area contributed by atoms with Crippen LogP contribution in [0.5, 0.6) is 0 Å². The second kappa shape index (κ2) is 3.60. The van der Waals surface area contributed by atoms with Crippen molar-refractivity contribution in [3.63, 3.8) is 0 Å². The average Bonchev–Trinajstić information content (AvgIpc) is 2.44. The van der Waals surface area contributed by atoms with Crippen molar-refractivity contribution < 1.29 is 30.8 Å². The smallest absolute Gasteiger partial charge is 0.445 e. The molecule has 0 spiro atoms. The molecule has 0 unspecified atom stereocenters. The van der Waals surface area contributed by atoms with Crippen molar-refractivity contribution in [3.8, 4) is 0 Å². The second-order valence-electron chi connectivity index (χ2n) is 3.21. The molecule has 8 heteroatoms. The maximum Gasteiger partial charge on any atom is 0.451 e. The van der Waals surface area contributed by atoms with Gasteiger partial charge in [0.05, 0.1) is 5.69 Å². The zero-order chi connectivity index (χ0) is 12.7. The third-order valence-corrected chi connectivity index (χ3v) is 1.73. The molecule has 0 fully saturated rings. The molecule has 0 N–H and O–H groups in total. The van der Waals surface area contributed by atoms with Crippen LogP contribution >= 0.6 is 0 Å². The number of hydrogen-bond acceptors (Lipinski definition) is 2. The van der Waals surface area contributed by atoms with Gasteiger partial charge in [0.25, 0.3) is 0 Å². The van der Waals surface area contributed by atoms with Gasteiger partial charge in [-0.05, 0) is 0 Å². The highest BCUT2D eigenvalue weighted by atomic mass is 19.4. The zero-order valence-corrected chi connectivity index (χ0v) is 8.20. The van der Waals surface area contributed by atoms with Gasteiger partial charge in [-0.2, -0.15) is 26.3 Å². The number of furan rings is 1. The molecule has 0 saturated carbocycles. The molecule has 2 nitrogen and oxygen atoms in total. The van der Waals surface area contributed by atoms with Crippen LogP contribution in [0.1, 0.15) is 11.5 Å². The lowest BCUT2D eigenvalue weighted by Crippen LogP contribution is -2.14. The molecule has 0 aromatic carbocycles. The number of halogens is 6. The molecule has 0 radical (unpaired) electrons. The molecule has 0 aliphatic carbocycles. The van der Waals surface area contributed by atoms with Gasteiger partial charge >= 0.3 is 12.4 Å². The molecule has 1 aromatic heterocycles. The van der Waals surface area contributed by atoms with Gasteiger partial charge < -0.3 is 9.32 Å². The Morgan fingerprint density at radius 1 is 1.00 bits per heavy atom. The van der Waals surface area contributed by atoms with Crippen molar-refractivity contribution in [3.05, 3.63) is 17.6 Å². The largest absolute Gasteiger partial charge is 0.451 e. The predicted octanol–water partition coefficient (Wildman–Crippen LogP) is 3.38. The number of anilines is 1. The Bertz CT molecular complexity index is 375. The standard InChI is InChI=1S/C8H7F6NO/c1-15(2)4-3-5(7(9,10)11)16-6(4)8(12,13)14/h3H,1-2H3. The molecule has 0 saturated heterocycles. The Balaban J connectivity index is 3.32. The monoisotopic (exact) mass is 247 g/mol. The Morgan fingerprint density at radius 3 is 1.75 bits per heavy atom. The molecule has 0 atom stereocenters. The van der Waals surface area contributed by atoms with Crippen LogP contribution in [0.25, 0.3) is 0 Å². The van der Waals surface area contributed by atoms with Gasteiger partial charge in [0.1, 0.15) is 0 Å². The van der Waals surface area contributed by atoms with Gasteiger partial charge in [-0.25, -0.2) is 0 Å². The zero-order valence-electron chi connectivity index (χ0n) is 8.20. The van der Waals surface area contributed by atoms with Crippen LogP contribution in [-0.2, 0) is 12.4 Å². The minimum atomic E-state index is -4.96. The van der Waals surface area contributed by atoms with E-state index >= 15 is 0 Å². The number of nitrogens with zero attached hydrogens (tertiary/aromatic N) is 1. The van der Waals surface area contributed by atoms with Gasteiger partial charge in [-0.1, -0.05) is 0 Å². The summed E-state index contributed by atoms with van der Waals surface area (Å²) >= 11 is 0. The predicted molar refractivity (Wildman–Crippen MR) is 43.0 cm³/mol. The SMILES string of the molecule is CN(C)c1cc(C(F)(F)F)oc1C(F)(F)F. The van der Waals surface area contributed by atoms with E-state index in [1.807, 2.05) is 0 Å². The Kier molecular flexibility index (Phi) is 2.86. The first kappa shape index (κ1) is 12.7. The van der Waals surface area contributed by atoms with E-state index in [-0.39, 0.29) is 0 Å². The van der Waals surface area contributed by atoms with E-state index in [1.54, 1.807) is 0 Å². The van der Waals surface area contributed by atoms with E-state index in [0.717, 1.165) is 4.90 Å². The van der Waals surface area contributed by atoms with Crippen LogP contribution in [0.4, 0.5) is 32.0 Å². The van der Waals surface area contributed by atoms with Gasteiger partial charge in [0.15, 0.2) is 0 Å². The lowest BCUT2D eigenvalue weighted by atomic mass is 10.3. The lowest BCUT2D eigenvalue weighted by Gasteiger charge is -2.12. The van der Waals surface area contributed by atoms with Gasteiger partial charge in [-0.15, -0.1) is 0 Å². The van der Waals surface area contributed by atoms with Crippen LogP contribution in [0, 0.1) is 0 Å². The summed E-state index contributed by atoms with van der Waals surface area (Å²) in [4.78, 5) is 0.904. The number of alkyl halides is 6. The van der Waals surface area contributed by atoms with Crippen LogP contribution in [0.15, 0.2) is 10.5 Å². The summed E-state index contributed by atoms with van der Waals surface area (Å²) in [6.45, 7) is 0. The minimum absolute atomic E-state index is 0.322. The van der Waals surface area contributed by atoms with Crippen LogP contribution < -0.4 is 4.90 Å². The molecule has 16 heavy (non-hydrogen) atoms. The van der Waals surface area contributed by atoms with E-state index in [1.165, 1.54) is 14.1 Å². The van der Waals surface area contributed by atoms with Crippen molar-refractivity contribution in [2.45, 2.75) is 12.4 Å². The fraction of sp³-hybridized carbons (Fsp3) is 0.500. The molecule has 1 heterocycles. The summed E-state index contributed by atoms with van der Waals surface area (Å²) < 4.78 is 77.2. The van der Waals surface area contributed by atoms with Crippen molar-refractivity contribution >= 4 is 5.69 Å². The fourth-order valence-electron chi connectivity index (χ4n) is 1.06. The van der Waals surface area contributed by atoms with E-state index in [0.29, 0.717) is 6.07 Å². The molecular formula is C8H7F6NO. The van der Waals surface area contributed by atoms with E-state index in [4.69, 9.17) is 0 Å². The van der Waals surface area contributed by atoms with E-state index in [9.17, 15) is 26.3 Å². The topological polar surface area (TPSA) is 16.4 Å². The van der Waals surface area contributed by atoms with Gasteiger partial charge in [0.2, 0.25) is 11.5 Å². The van der Waals surface area contributed by atoms with Crippen LogP contribution in [-0.4, -0.2) is 14.1 Å². The summed E-state index contributed by atoms with van der Waals surface area (Å²) in [5.41, 5.74) is -0.653. The third-order valence-electron chi connectivity index (χ3n) is 1.73. The first-order valence-corrected chi connectivity index (χ1v) is 3.99. The molecule has 1 aromatic rings. The summed E-state index contributed by atoms with van der Waals surface area (Å²) in [6, 6.07) is 0.322. The van der Waals surface area contributed by atoms with Crippen LogP contribution in [0.2, 0.25) is 0 Å². The van der Waals surface area contributed by atoms with Gasteiger partial charge in [0, 0.05) is 20.2 Å². The van der Waals surface area contributed by atoms with Crippen LogP contribution in [0.3, 0.4) is 0 Å². The van der Waals surface area contributed by atoms with Crippen molar-refractivity contribution in [1.82, 2.24) is 0 Å². The van der Waals surface area contributed by atoms with Crippen molar-refractivity contribution in [2.75, 3.05) is 19.0 Å².